The van der Waals surface area contributed by atoms with Crippen molar-refractivity contribution in [3.8, 4) is 0 Å². The molecular formula is C18H16N2OS. The molecule has 0 bridgehead atoms. The smallest absolute Gasteiger partial charge is 0.254 e. The number of carbonyl (C=O) groups excluding carboxylic acids is 1. The standard InChI is InChI=1S/C18H16N2OS/c1-12-3-2-4-13-11-20(18(21)17(12)13)9-7-14-5-6-16-15(19-14)8-10-22-16/h2-6,8,10H,7,9,11H2,1H3. The van der Waals surface area contributed by atoms with Crippen molar-refractivity contribution in [2.24, 2.45) is 0 Å². The van der Waals surface area contributed by atoms with Gasteiger partial charge in [0.1, 0.15) is 0 Å². The second-order valence-electron chi connectivity index (χ2n) is 5.69. The molecule has 0 fully saturated rings. The quantitative estimate of drug-likeness (QED) is 0.737. The van der Waals surface area contributed by atoms with Gasteiger partial charge in [0.15, 0.2) is 0 Å². The average molecular weight is 308 g/mol. The third-order valence-electron chi connectivity index (χ3n) is 4.22. The highest BCUT2D eigenvalue weighted by Crippen LogP contribution is 2.26. The molecule has 0 radical (unpaired) electrons. The number of fused-ring (bicyclic) bond motifs is 2. The van der Waals surface area contributed by atoms with Gasteiger partial charge in [-0.2, -0.15) is 0 Å². The molecule has 0 saturated carbocycles. The Morgan fingerprint density at radius 2 is 2.14 bits per heavy atom. The highest BCUT2D eigenvalue weighted by atomic mass is 32.1. The zero-order valence-electron chi connectivity index (χ0n) is 12.4. The van der Waals surface area contributed by atoms with Gasteiger partial charge >= 0.3 is 0 Å². The summed E-state index contributed by atoms with van der Waals surface area (Å²) < 4.78 is 1.21. The van der Waals surface area contributed by atoms with Crippen LogP contribution in [0.25, 0.3) is 10.2 Å². The molecule has 0 N–H and O–H groups in total. The van der Waals surface area contributed by atoms with Crippen LogP contribution in [-0.4, -0.2) is 22.3 Å². The normalized spacial score (nSPS) is 13.9. The molecule has 3 aromatic rings. The van der Waals surface area contributed by atoms with Crippen LogP contribution in [0.5, 0.6) is 0 Å². The molecule has 0 unspecified atom stereocenters. The molecule has 1 amide bonds. The van der Waals surface area contributed by atoms with Gasteiger partial charge in [-0.3, -0.25) is 9.78 Å². The van der Waals surface area contributed by atoms with Crippen LogP contribution >= 0.6 is 11.3 Å². The van der Waals surface area contributed by atoms with Gasteiger partial charge in [0.2, 0.25) is 0 Å². The summed E-state index contributed by atoms with van der Waals surface area (Å²) in [4.78, 5) is 19.1. The molecule has 0 atom stereocenters. The van der Waals surface area contributed by atoms with E-state index in [0.717, 1.165) is 47.4 Å². The number of amides is 1. The Morgan fingerprint density at radius 3 is 3.00 bits per heavy atom. The van der Waals surface area contributed by atoms with Gasteiger partial charge in [-0.15, -0.1) is 11.3 Å². The van der Waals surface area contributed by atoms with E-state index in [1.54, 1.807) is 11.3 Å². The van der Waals surface area contributed by atoms with Gasteiger partial charge < -0.3 is 4.90 Å². The van der Waals surface area contributed by atoms with Crippen LogP contribution in [0.1, 0.15) is 27.2 Å². The predicted molar refractivity (Wildman–Crippen MR) is 89.2 cm³/mol. The molecule has 2 aromatic heterocycles. The first-order chi connectivity index (χ1) is 10.7. The van der Waals surface area contributed by atoms with Crippen molar-refractivity contribution in [3.05, 3.63) is 64.2 Å². The third-order valence-corrected chi connectivity index (χ3v) is 5.10. The Balaban J connectivity index is 1.51. The molecule has 0 spiro atoms. The summed E-state index contributed by atoms with van der Waals surface area (Å²) in [7, 11) is 0. The van der Waals surface area contributed by atoms with E-state index >= 15 is 0 Å². The molecule has 1 aliphatic heterocycles. The predicted octanol–water partition coefficient (Wildman–Crippen LogP) is 3.80. The van der Waals surface area contributed by atoms with E-state index in [9.17, 15) is 4.79 Å². The molecule has 3 heterocycles. The largest absolute Gasteiger partial charge is 0.334 e. The lowest BCUT2D eigenvalue weighted by molar-refractivity contribution is 0.0779. The number of pyridine rings is 1. The maximum atomic E-state index is 12.5. The summed E-state index contributed by atoms with van der Waals surface area (Å²) in [5.41, 5.74) is 5.21. The summed E-state index contributed by atoms with van der Waals surface area (Å²) in [6, 6.07) is 12.3. The zero-order chi connectivity index (χ0) is 15.1. The SMILES string of the molecule is Cc1cccc2c1C(=O)N(CCc1ccc3sccc3n1)C2. The number of hydrogen-bond donors (Lipinski definition) is 0. The van der Waals surface area contributed by atoms with Gasteiger partial charge in [-0.25, -0.2) is 0 Å². The summed E-state index contributed by atoms with van der Waals surface area (Å²) in [6.45, 7) is 3.44. The Bertz CT molecular complexity index is 868. The minimum Gasteiger partial charge on any atom is -0.334 e. The molecule has 1 aliphatic rings. The number of benzene rings is 1. The molecular weight excluding hydrogens is 292 g/mol. The van der Waals surface area contributed by atoms with Crippen LogP contribution in [0.3, 0.4) is 0 Å². The number of thiophene rings is 1. The number of rotatable bonds is 3. The molecule has 110 valence electrons. The van der Waals surface area contributed by atoms with E-state index < -0.39 is 0 Å². The van der Waals surface area contributed by atoms with Crippen molar-refractivity contribution in [1.29, 1.82) is 0 Å². The maximum Gasteiger partial charge on any atom is 0.254 e. The molecule has 4 heteroatoms. The van der Waals surface area contributed by atoms with E-state index in [0.29, 0.717) is 0 Å². The molecule has 0 saturated heterocycles. The van der Waals surface area contributed by atoms with Crippen molar-refractivity contribution in [3.63, 3.8) is 0 Å². The molecule has 0 aliphatic carbocycles. The highest BCUT2D eigenvalue weighted by Gasteiger charge is 2.28. The van der Waals surface area contributed by atoms with Crippen molar-refractivity contribution < 1.29 is 4.79 Å². The fourth-order valence-electron chi connectivity index (χ4n) is 3.07. The summed E-state index contributed by atoms with van der Waals surface area (Å²) in [6.07, 6.45) is 0.796. The van der Waals surface area contributed by atoms with Crippen LogP contribution in [0.15, 0.2) is 41.8 Å². The monoisotopic (exact) mass is 308 g/mol. The summed E-state index contributed by atoms with van der Waals surface area (Å²) >= 11 is 1.71. The first-order valence-corrected chi connectivity index (χ1v) is 8.31. The van der Waals surface area contributed by atoms with E-state index in [-0.39, 0.29) is 5.91 Å². The van der Waals surface area contributed by atoms with Gasteiger partial charge in [0, 0.05) is 30.8 Å². The van der Waals surface area contributed by atoms with Gasteiger partial charge in [-0.05, 0) is 41.6 Å². The topological polar surface area (TPSA) is 33.2 Å². The fourth-order valence-corrected chi connectivity index (χ4v) is 3.79. The summed E-state index contributed by atoms with van der Waals surface area (Å²) in [5.74, 6) is 0.157. The van der Waals surface area contributed by atoms with E-state index in [1.165, 1.54) is 4.70 Å². The van der Waals surface area contributed by atoms with Crippen LogP contribution < -0.4 is 0 Å². The van der Waals surface area contributed by atoms with Gasteiger partial charge in [0.25, 0.3) is 5.91 Å². The highest BCUT2D eigenvalue weighted by molar-refractivity contribution is 7.17. The molecule has 4 rings (SSSR count). The average Bonchev–Trinajstić information content (AvgIpc) is 3.10. The minimum atomic E-state index is 0.157. The lowest BCUT2D eigenvalue weighted by Gasteiger charge is -2.15. The fraction of sp³-hybridized carbons (Fsp3) is 0.222. The second-order valence-corrected chi connectivity index (χ2v) is 6.64. The molecule has 3 nitrogen and oxygen atoms in total. The Labute approximate surface area is 133 Å². The van der Waals surface area contributed by atoms with E-state index in [4.69, 9.17) is 0 Å². The van der Waals surface area contributed by atoms with Crippen LogP contribution in [-0.2, 0) is 13.0 Å². The first kappa shape index (κ1) is 13.5. The Morgan fingerprint density at radius 1 is 1.23 bits per heavy atom. The first-order valence-electron chi connectivity index (χ1n) is 7.43. The third kappa shape index (κ3) is 2.20. The maximum absolute atomic E-state index is 12.5. The Hall–Kier alpha value is -2.20. The minimum absolute atomic E-state index is 0.157. The van der Waals surface area contributed by atoms with Crippen LogP contribution in [0.2, 0.25) is 0 Å². The van der Waals surface area contributed by atoms with Crippen molar-refractivity contribution in [2.75, 3.05) is 6.54 Å². The molecule has 22 heavy (non-hydrogen) atoms. The number of aromatic nitrogens is 1. The second kappa shape index (κ2) is 5.21. The van der Waals surface area contributed by atoms with Crippen molar-refractivity contribution in [1.82, 2.24) is 9.88 Å². The van der Waals surface area contributed by atoms with Gasteiger partial charge in [-0.1, -0.05) is 18.2 Å². The number of carbonyl (C=O) groups is 1. The molecule has 1 aromatic carbocycles. The lowest BCUT2D eigenvalue weighted by Crippen LogP contribution is -2.26. The number of aryl methyl sites for hydroxylation is 1. The van der Waals surface area contributed by atoms with E-state index in [1.807, 2.05) is 30.0 Å². The van der Waals surface area contributed by atoms with Crippen LogP contribution in [0.4, 0.5) is 0 Å². The lowest BCUT2D eigenvalue weighted by atomic mass is 10.0. The Kier molecular flexibility index (Phi) is 3.19. The number of nitrogens with zero attached hydrogens (tertiary/aromatic N) is 2. The van der Waals surface area contributed by atoms with Crippen molar-refractivity contribution in [2.45, 2.75) is 19.9 Å². The zero-order valence-corrected chi connectivity index (χ0v) is 13.2. The van der Waals surface area contributed by atoms with Gasteiger partial charge in [0.05, 0.1) is 10.2 Å². The summed E-state index contributed by atoms with van der Waals surface area (Å²) in [5, 5.41) is 2.06. The van der Waals surface area contributed by atoms with Crippen molar-refractivity contribution >= 4 is 27.5 Å². The van der Waals surface area contributed by atoms with Crippen LogP contribution in [0, 0.1) is 6.92 Å². The van der Waals surface area contributed by atoms with E-state index in [2.05, 4.69) is 28.6 Å². The number of hydrogen-bond acceptors (Lipinski definition) is 3.